The van der Waals surface area contributed by atoms with Crippen LogP contribution in [-0.2, 0) is 4.79 Å². The minimum absolute atomic E-state index is 0.0676. The van der Waals surface area contributed by atoms with Crippen LogP contribution in [0.5, 0.6) is 5.75 Å². The van der Waals surface area contributed by atoms with Gasteiger partial charge in [0.05, 0.1) is 19.8 Å². The molecular weight excluding hydrogens is 280 g/mol. The molecule has 0 aromatic heterocycles. The first-order valence-electron chi connectivity index (χ1n) is 6.89. The van der Waals surface area contributed by atoms with Crippen LogP contribution in [0, 0.1) is 6.92 Å². The number of aliphatic hydroxyl groups excluding tert-OH is 1. The van der Waals surface area contributed by atoms with E-state index < -0.39 is 18.9 Å². The average molecular weight is 301 g/mol. The van der Waals surface area contributed by atoms with Crippen molar-refractivity contribution in [1.29, 1.82) is 0 Å². The number of ether oxygens (including phenoxy) is 1. The molecule has 4 nitrogen and oxygen atoms in total. The van der Waals surface area contributed by atoms with Crippen molar-refractivity contribution in [1.82, 2.24) is 4.90 Å². The molecule has 0 aliphatic heterocycles. The van der Waals surface area contributed by atoms with Gasteiger partial charge in [-0.2, -0.15) is 0 Å². The van der Waals surface area contributed by atoms with Crippen molar-refractivity contribution in [3.63, 3.8) is 0 Å². The molecule has 21 heavy (non-hydrogen) atoms. The fourth-order valence-corrected chi connectivity index (χ4v) is 1.89. The Morgan fingerprint density at radius 2 is 2.10 bits per heavy atom. The number of benzene rings is 1. The summed E-state index contributed by atoms with van der Waals surface area (Å²) in [4.78, 5) is 12.8. The van der Waals surface area contributed by atoms with Gasteiger partial charge in [0.2, 0.25) is 5.91 Å². The first-order valence-corrected chi connectivity index (χ1v) is 6.89. The van der Waals surface area contributed by atoms with Gasteiger partial charge in [-0.1, -0.05) is 18.2 Å². The Morgan fingerprint density at radius 3 is 2.71 bits per heavy atom. The van der Waals surface area contributed by atoms with Gasteiger partial charge in [0.25, 0.3) is 6.43 Å². The molecule has 1 rings (SSSR count). The Hall–Kier alpha value is -1.69. The molecule has 1 amide bonds. The molecule has 0 heterocycles. The van der Waals surface area contributed by atoms with Gasteiger partial charge in [-0.25, -0.2) is 8.78 Å². The number of aliphatic hydroxyl groups is 1. The summed E-state index contributed by atoms with van der Waals surface area (Å²) in [6.07, 6.45) is -2.03. The summed E-state index contributed by atoms with van der Waals surface area (Å²) >= 11 is 0. The van der Waals surface area contributed by atoms with E-state index in [1.807, 2.05) is 31.2 Å². The zero-order valence-electron chi connectivity index (χ0n) is 12.1. The first kappa shape index (κ1) is 17.4. The number of carbonyl (C=O) groups excluding carboxylic acids is 1. The lowest BCUT2D eigenvalue weighted by molar-refractivity contribution is -0.133. The van der Waals surface area contributed by atoms with Gasteiger partial charge in [-0.3, -0.25) is 4.79 Å². The van der Waals surface area contributed by atoms with E-state index in [1.165, 1.54) is 0 Å². The van der Waals surface area contributed by atoms with Gasteiger partial charge < -0.3 is 14.7 Å². The summed E-state index contributed by atoms with van der Waals surface area (Å²) in [6, 6.07) is 7.53. The first-order chi connectivity index (χ1) is 10.0. The van der Waals surface area contributed by atoms with Crippen LogP contribution in [-0.4, -0.2) is 48.6 Å². The second-order valence-corrected chi connectivity index (χ2v) is 4.67. The minimum Gasteiger partial charge on any atom is -0.493 e. The van der Waals surface area contributed by atoms with Crippen LogP contribution < -0.4 is 4.74 Å². The van der Waals surface area contributed by atoms with E-state index in [1.54, 1.807) is 0 Å². The molecule has 1 N–H and O–H groups in total. The van der Waals surface area contributed by atoms with Gasteiger partial charge in [0.15, 0.2) is 0 Å². The fraction of sp³-hybridized carbons (Fsp3) is 0.533. The third-order valence-corrected chi connectivity index (χ3v) is 2.97. The van der Waals surface area contributed by atoms with Crippen LogP contribution in [0.25, 0.3) is 0 Å². The molecule has 0 aliphatic rings. The molecule has 0 atom stereocenters. The highest BCUT2D eigenvalue weighted by Crippen LogP contribution is 2.16. The van der Waals surface area contributed by atoms with Crippen molar-refractivity contribution >= 4 is 5.91 Å². The van der Waals surface area contributed by atoms with Gasteiger partial charge in [-0.15, -0.1) is 0 Å². The van der Waals surface area contributed by atoms with Crippen molar-refractivity contribution in [3.8, 4) is 5.75 Å². The molecule has 118 valence electrons. The molecule has 1 aromatic rings. The summed E-state index contributed by atoms with van der Waals surface area (Å²) < 4.78 is 30.2. The number of alkyl halides is 2. The van der Waals surface area contributed by atoms with Crippen LogP contribution in [0.3, 0.4) is 0 Å². The lowest BCUT2D eigenvalue weighted by Crippen LogP contribution is -2.37. The van der Waals surface area contributed by atoms with Gasteiger partial charge >= 0.3 is 0 Å². The molecule has 1 aromatic carbocycles. The maximum Gasteiger partial charge on any atom is 0.255 e. The van der Waals surface area contributed by atoms with E-state index in [0.717, 1.165) is 16.2 Å². The summed E-state index contributed by atoms with van der Waals surface area (Å²) in [5.41, 5.74) is 1.00. The Morgan fingerprint density at radius 1 is 1.38 bits per heavy atom. The number of hydrogen-bond acceptors (Lipinski definition) is 3. The molecule has 0 saturated heterocycles. The van der Waals surface area contributed by atoms with Crippen molar-refractivity contribution < 1.29 is 23.4 Å². The van der Waals surface area contributed by atoms with E-state index in [0.29, 0.717) is 13.0 Å². The zero-order valence-corrected chi connectivity index (χ0v) is 12.1. The molecule has 0 saturated carbocycles. The second kappa shape index (κ2) is 9.28. The number of hydrogen-bond donors (Lipinski definition) is 1. The smallest absolute Gasteiger partial charge is 0.255 e. The summed E-state index contributed by atoms with van der Waals surface area (Å²) in [7, 11) is 0. The van der Waals surface area contributed by atoms with E-state index in [9.17, 15) is 13.6 Å². The number of nitrogens with zero attached hydrogens (tertiary/aromatic N) is 1. The van der Waals surface area contributed by atoms with E-state index in [2.05, 4.69) is 0 Å². The van der Waals surface area contributed by atoms with Crippen LogP contribution >= 0.6 is 0 Å². The summed E-state index contributed by atoms with van der Waals surface area (Å²) in [5, 5.41) is 8.79. The van der Waals surface area contributed by atoms with E-state index in [4.69, 9.17) is 9.84 Å². The number of rotatable bonds is 9. The molecular formula is C15H21F2NO3. The predicted octanol–water partition coefficient (Wildman–Crippen LogP) is 2.24. The molecule has 0 radical (unpaired) electrons. The average Bonchev–Trinajstić information content (AvgIpc) is 2.44. The van der Waals surface area contributed by atoms with E-state index >= 15 is 0 Å². The monoisotopic (exact) mass is 301 g/mol. The lowest BCUT2D eigenvalue weighted by atomic mass is 10.2. The van der Waals surface area contributed by atoms with Crippen LogP contribution in [0.4, 0.5) is 8.78 Å². The Balaban J connectivity index is 2.33. The largest absolute Gasteiger partial charge is 0.493 e. The molecule has 0 unspecified atom stereocenters. The molecule has 0 bridgehead atoms. The Bertz CT molecular complexity index is 441. The van der Waals surface area contributed by atoms with Crippen LogP contribution in [0.1, 0.15) is 18.4 Å². The third kappa shape index (κ3) is 6.53. The number of carbonyl (C=O) groups is 1. The normalized spacial score (nSPS) is 10.7. The molecule has 0 fully saturated rings. The minimum atomic E-state index is -2.59. The number of halogens is 2. The highest BCUT2D eigenvalue weighted by Gasteiger charge is 2.17. The predicted molar refractivity (Wildman–Crippen MR) is 75.6 cm³/mol. The topological polar surface area (TPSA) is 49.8 Å². The zero-order chi connectivity index (χ0) is 15.7. The molecule has 0 spiro atoms. The Labute approximate surface area is 123 Å². The summed E-state index contributed by atoms with van der Waals surface area (Å²) in [5.74, 6) is 0.363. The number of aryl methyl sites for hydroxylation is 1. The van der Waals surface area contributed by atoms with Crippen LogP contribution in [0.2, 0.25) is 0 Å². The maximum atomic E-state index is 12.3. The second-order valence-electron chi connectivity index (χ2n) is 4.67. The van der Waals surface area contributed by atoms with Crippen molar-refractivity contribution in [3.05, 3.63) is 29.8 Å². The Kier molecular flexibility index (Phi) is 7.68. The van der Waals surface area contributed by atoms with Crippen molar-refractivity contribution in [2.24, 2.45) is 0 Å². The van der Waals surface area contributed by atoms with Gasteiger partial charge in [0, 0.05) is 13.0 Å². The highest BCUT2D eigenvalue weighted by atomic mass is 19.3. The van der Waals surface area contributed by atoms with Crippen molar-refractivity contribution in [2.45, 2.75) is 26.2 Å². The maximum absolute atomic E-state index is 12.3. The lowest BCUT2D eigenvalue weighted by Gasteiger charge is -2.21. The fourth-order valence-electron chi connectivity index (χ4n) is 1.89. The standard InChI is InChI=1S/C15H21F2NO3/c1-12-5-2-3-6-13(12)21-10-4-7-15(20)18(8-9-19)11-14(16)17/h2-3,5-6,14,19H,4,7-11H2,1H3. The third-order valence-electron chi connectivity index (χ3n) is 2.97. The molecule has 0 aliphatic carbocycles. The van der Waals surface area contributed by atoms with E-state index in [-0.39, 0.29) is 19.6 Å². The van der Waals surface area contributed by atoms with Crippen molar-refractivity contribution in [2.75, 3.05) is 26.3 Å². The van der Waals surface area contributed by atoms with Crippen LogP contribution in [0.15, 0.2) is 24.3 Å². The SMILES string of the molecule is Cc1ccccc1OCCCC(=O)N(CCO)CC(F)F. The number of amides is 1. The summed E-state index contributed by atoms with van der Waals surface area (Å²) in [6.45, 7) is 1.24. The quantitative estimate of drug-likeness (QED) is 0.712. The molecule has 6 heteroatoms. The highest BCUT2D eigenvalue weighted by molar-refractivity contribution is 5.76. The van der Waals surface area contributed by atoms with Gasteiger partial charge in [-0.05, 0) is 25.0 Å². The van der Waals surface area contributed by atoms with Gasteiger partial charge in [0.1, 0.15) is 5.75 Å². The number of para-hydroxylation sites is 1.